The van der Waals surface area contributed by atoms with Gasteiger partial charge in [-0.3, -0.25) is 0 Å². The predicted molar refractivity (Wildman–Crippen MR) is 75.2 cm³/mol. The molecule has 1 saturated carbocycles. The van der Waals surface area contributed by atoms with Crippen LogP contribution in [0.15, 0.2) is 18.2 Å². The molecule has 1 fully saturated rings. The van der Waals surface area contributed by atoms with Gasteiger partial charge in [0.05, 0.1) is 0 Å². The topological polar surface area (TPSA) is 38.0 Å². The number of aryl methyl sites for hydroxylation is 1. The highest BCUT2D eigenvalue weighted by molar-refractivity contribution is 5.57. The van der Waals surface area contributed by atoms with Gasteiger partial charge in [-0.05, 0) is 61.8 Å². The zero-order valence-corrected chi connectivity index (χ0v) is 11.2. The van der Waals surface area contributed by atoms with Crippen molar-refractivity contribution in [2.75, 3.05) is 11.1 Å². The van der Waals surface area contributed by atoms with Gasteiger partial charge < -0.3 is 11.1 Å². The highest BCUT2D eigenvalue weighted by Crippen LogP contribution is 2.31. The number of benzene rings is 1. The largest absolute Gasteiger partial charge is 0.399 e. The van der Waals surface area contributed by atoms with Crippen LogP contribution in [0, 0.1) is 18.8 Å². The van der Waals surface area contributed by atoms with Gasteiger partial charge in [0.2, 0.25) is 0 Å². The van der Waals surface area contributed by atoms with Gasteiger partial charge in [0.15, 0.2) is 0 Å². The fourth-order valence-corrected chi connectivity index (χ4v) is 3.13. The maximum Gasteiger partial charge on any atom is 0.0373 e. The fourth-order valence-electron chi connectivity index (χ4n) is 3.13. The lowest BCUT2D eigenvalue weighted by atomic mass is 9.80. The van der Waals surface area contributed by atoms with Gasteiger partial charge in [-0.15, -0.1) is 0 Å². The van der Waals surface area contributed by atoms with Crippen molar-refractivity contribution in [1.82, 2.24) is 0 Å². The Morgan fingerprint density at radius 3 is 2.35 bits per heavy atom. The van der Waals surface area contributed by atoms with E-state index in [0.29, 0.717) is 6.04 Å². The zero-order chi connectivity index (χ0) is 12.4. The quantitative estimate of drug-likeness (QED) is 0.761. The third-order valence-electron chi connectivity index (χ3n) is 3.79. The van der Waals surface area contributed by atoms with Crippen LogP contribution < -0.4 is 11.1 Å². The monoisotopic (exact) mass is 232 g/mol. The molecule has 17 heavy (non-hydrogen) atoms. The Balaban J connectivity index is 2.04. The molecule has 2 nitrogen and oxygen atoms in total. The molecular weight excluding hydrogens is 208 g/mol. The molecule has 0 bridgehead atoms. The summed E-state index contributed by atoms with van der Waals surface area (Å²) in [5, 5.41) is 3.68. The Morgan fingerprint density at radius 1 is 1.12 bits per heavy atom. The van der Waals surface area contributed by atoms with Crippen molar-refractivity contribution in [3.63, 3.8) is 0 Å². The molecule has 2 unspecified atom stereocenters. The van der Waals surface area contributed by atoms with Gasteiger partial charge >= 0.3 is 0 Å². The van der Waals surface area contributed by atoms with Crippen LogP contribution in [0.3, 0.4) is 0 Å². The molecule has 94 valence electrons. The third-order valence-corrected chi connectivity index (χ3v) is 3.79. The summed E-state index contributed by atoms with van der Waals surface area (Å²) in [6.45, 7) is 6.84. The molecule has 2 rings (SSSR count). The summed E-state index contributed by atoms with van der Waals surface area (Å²) in [5.41, 5.74) is 9.11. The summed E-state index contributed by atoms with van der Waals surface area (Å²) in [5.74, 6) is 1.68. The standard InChI is InChI=1S/C15H24N2/c1-10-6-11(2)8-14(7-10)17-15-5-4-13(16)9-12(15)3/h4-5,9-11,14,17H,6-8,16H2,1-3H3. The van der Waals surface area contributed by atoms with Crippen molar-refractivity contribution >= 4 is 11.4 Å². The van der Waals surface area contributed by atoms with Gasteiger partial charge in [-0.2, -0.15) is 0 Å². The smallest absolute Gasteiger partial charge is 0.0373 e. The molecule has 1 aromatic carbocycles. The molecule has 0 spiro atoms. The Kier molecular flexibility index (Phi) is 3.60. The van der Waals surface area contributed by atoms with E-state index in [2.05, 4.69) is 32.2 Å². The second kappa shape index (κ2) is 4.99. The SMILES string of the molecule is Cc1cc(N)ccc1NC1CC(C)CC(C)C1. The highest BCUT2D eigenvalue weighted by Gasteiger charge is 2.23. The first kappa shape index (κ1) is 12.3. The van der Waals surface area contributed by atoms with E-state index in [1.54, 1.807) is 0 Å². The number of hydrogen-bond acceptors (Lipinski definition) is 2. The maximum atomic E-state index is 5.78. The Hall–Kier alpha value is -1.18. The average molecular weight is 232 g/mol. The molecule has 3 N–H and O–H groups in total. The normalized spacial score (nSPS) is 29.0. The van der Waals surface area contributed by atoms with Gasteiger partial charge in [0, 0.05) is 17.4 Å². The first-order valence-corrected chi connectivity index (χ1v) is 6.67. The number of rotatable bonds is 2. The van der Waals surface area contributed by atoms with Gasteiger partial charge in [-0.1, -0.05) is 13.8 Å². The van der Waals surface area contributed by atoms with Crippen LogP contribution in [0.1, 0.15) is 38.7 Å². The molecule has 0 aromatic heterocycles. The summed E-state index contributed by atoms with van der Waals surface area (Å²) in [7, 11) is 0. The van der Waals surface area contributed by atoms with E-state index in [1.165, 1.54) is 30.5 Å². The van der Waals surface area contributed by atoms with E-state index in [-0.39, 0.29) is 0 Å². The maximum absolute atomic E-state index is 5.78. The second-order valence-electron chi connectivity index (χ2n) is 5.83. The minimum absolute atomic E-state index is 0.621. The molecule has 1 aliphatic carbocycles. The van der Waals surface area contributed by atoms with E-state index in [1.807, 2.05) is 12.1 Å². The molecule has 1 aliphatic rings. The number of anilines is 2. The van der Waals surface area contributed by atoms with E-state index in [0.717, 1.165) is 17.5 Å². The summed E-state index contributed by atoms with van der Waals surface area (Å²) < 4.78 is 0. The lowest BCUT2D eigenvalue weighted by Gasteiger charge is -2.33. The molecule has 0 radical (unpaired) electrons. The number of nitrogen functional groups attached to an aromatic ring is 1. The molecule has 1 aromatic rings. The first-order chi connectivity index (χ1) is 8.04. The summed E-state index contributed by atoms with van der Waals surface area (Å²) in [6.07, 6.45) is 3.95. The van der Waals surface area contributed by atoms with Crippen LogP contribution in [0.25, 0.3) is 0 Å². The average Bonchev–Trinajstić information content (AvgIpc) is 2.21. The second-order valence-corrected chi connectivity index (χ2v) is 5.83. The third kappa shape index (κ3) is 3.15. The van der Waals surface area contributed by atoms with Crippen LogP contribution in [-0.4, -0.2) is 6.04 Å². The van der Waals surface area contributed by atoms with Crippen molar-refractivity contribution in [2.24, 2.45) is 11.8 Å². The van der Waals surface area contributed by atoms with Crippen LogP contribution in [0.2, 0.25) is 0 Å². The molecule has 0 saturated heterocycles. The lowest BCUT2D eigenvalue weighted by molar-refractivity contribution is 0.281. The minimum Gasteiger partial charge on any atom is -0.399 e. The number of hydrogen-bond donors (Lipinski definition) is 2. The lowest BCUT2D eigenvalue weighted by Crippen LogP contribution is -2.30. The van der Waals surface area contributed by atoms with E-state index >= 15 is 0 Å². The van der Waals surface area contributed by atoms with Crippen molar-refractivity contribution in [3.8, 4) is 0 Å². The minimum atomic E-state index is 0.621. The first-order valence-electron chi connectivity index (χ1n) is 6.67. The van der Waals surface area contributed by atoms with Crippen LogP contribution >= 0.6 is 0 Å². The zero-order valence-electron chi connectivity index (χ0n) is 11.2. The van der Waals surface area contributed by atoms with Crippen LogP contribution in [0.5, 0.6) is 0 Å². The van der Waals surface area contributed by atoms with Crippen molar-refractivity contribution in [1.29, 1.82) is 0 Å². The number of nitrogens with two attached hydrogens (primary N) is 1. The molecule has 0 amide bonds. The molecular formula is C15H24N2. The van der Waals surface area contributed by atoms with Crippen LogP contribution in [-0.2, 0) is 0 Å². The van der Waals surface area contributed by atoms with Crippen molar-refractivity contribution < 1.29 is 0 Å². The van der Waals surface area contributed by atoms with E-state index in [9.17, 15) is 0 Å². The fraction of sp³-hybridized carbons (Fsp3) is 0.600. The van der Waals surface area contributed by atoms with Crippen molar-refractivity contribution in [2.45, 2.75) is 46.1 Å². The molecule has 2 atom stereocenters. The Bertz CT molecular complexity index is 377. The highest BCUT2D eigenvalue weighted by atomic mass is 14.9. The van der Waals surface area contributed by atoms with Gasteiger partial charge in [0.1, 0.15) is 0 Å². The summed E-state index contributed by atoms with van der Waals surface area (Å²) in [6, 6.07) is 6.74. The predicted octanol–water partition coefficient (Wildman–Crippen LogP) is 3.81. The Labute approximate surface area is 105 Å². The molecule has 0 heterocycles. The van der Waals surface area contributed by atoms with E-state index in [4.69, 9.17) is 5.73 Å². The van der Waals surface area contributed by atoms with E-state index < -0.39 is 0 Å². The van der Waals surface area contributed by atoms with Crippen LogP contribution in [0.4, 0.5) is 11.4 Å². The Morgan fingerprint density at radius 2 is 1.76 bits per heavy atom. The van der Waals surface area contributed by atoms with Crippen molar-refractivity contribution in [3.05, 3.63) is 23.8 Å². The summed E-state index contributed by atoms with van der Waals surface area (Å²) in [4.78, 5) is 0. The molecule has 0 aliphatic heterocycles. The van der Waals surface area contributed by atoms with Gasteiger partial charge in [0.25, 0.3) is 0 Å². The molecule has 2 heteroatoms. The number of nitrogens with one attached hydrogen (secondary N) is 1. The van der Waals surface area contributed by atoms with Gasteiger partial charge in [-0.25, -0.2) is 0 Å². The summed E-state index contributed by atoms with van der Waals surface area (Å²) >= 11 is 0.